The molecule has 7 rings (SSSR count). The number of rotatable bonds is 10. The molecule has 12 nitrogen and oxygen atoms in total. The number of aromatic amines is 1. The van der Waals surface area contributed by atoms with Crippen molar-refractivity contribution in [3.63, 3.8) is 0 Å². The zero-order valence-corrected chi connectivity index (χ0v) is 26.4. The van der Waals surface area contributed by atoms with Gasteiger partial charge in [-0.1, -0.05) is 13.0 Å². The van der Waals surface area contributed by atoms with Crippen LogP contribution in [0.4, 0.5) is 5.82 Å². The number of hydrogen-bond acceptors (Lipinski definition) is 10. The van der Waals surface area contributed by atoms with Gasteiger partial charge >= 0.3 is 0 Å². The quantitative estimate of drug-likeness (QED) is 0.244. The molecule has 0 aromatic carbocycles. The van der Waals surface area contributed by atoms with Gasteiger partial charge in [0.05, 0.1) is 37.5 Å². The normalized spacial score (nSPS) is 17.7. The Balaban J connectivity index is 1.08. The average Bonchev–Trinajstić information content (AvgIpc) is 3.70. The highest BCUT2D eigenvalue weighted by Crippen LogP contribution is 2.34. The number of anilines is 1. The third kappa shape index (κ3) is 6.05. The molecule has 5 aromatic heterocycles. The SMILES string of the molecule is CCN1CCN(CC2(NCc3ccc(OC)nc3)CCN(c3ccc(-c4cc(OC)cn5nc6[nH]ncc6c45)cn3)CC2)CC1. The summed E-state index contributed by atoms with van der Waals surface area (Å²) >= 11 is 0. The van der Waals surface area contributed by atoms with E-state index in [-0.39, 0.29) is 5.54 Å². The van der Waals surface area contributed by atoms with Crippen molar-refractivity contribution in [2.45, 2.75) is 31.8 Å². The van der Waals surface area contributed by atoms with Crippen molar-refractivity contribution in [1.82, 2.24) is 44.9 Å². The second-order valence-electron chi connectivity index (χ2n) is 12.2. The van der Waals surface area contributed by atoms with E-state index in [0.717, 1.165) is 111 Å². The molecule has 0 bridgehead atoms. The molecule has 0 spiro atoms. The number of methoxy groups -OCH3 is 2. The number of aromatic nitrogens is 6. The third-order valence-electron chi connectivity index (χ3n) is 9.55. The number of H-pyrrole nitrogens is 1. The first-order valence-corrected chi connectivity index (χ1v) is 15.9. The summed E-state index contributed by atoms with van der Waals surface area (Å²) in [5.74, 6) is 2.38. The minimum atomic E-state index is 0.0227. The minimum Gasteiger partial charge on any atom is -0.495 e. The maximum absolute atomic E-state index is 5.58. The van der Waals surface area contributed by atoms with Crippen LogP contribution in [0.3, 0.4) is 0 Å². The maximum atomic E-state index is 5.58. The van der Waals surface area contributed by atoms with E-state index in [1.165, 1.54) is 5.56 Å². The van der Waals surface area contributed by atoms with Crippen molar-refractivity contribution in [3.8, 4) is 22.8 Å². The first kappa shape index (κ1) is 29.5. The summed E-state index contributed by atoms with van der Waals surface area (Å²) in [4.78, 5) is 17.0. The topological polar surface area (TPSA) is 112 Å². The van der Waals surface area contributed by atoms with Crippen LogP contribution in [0.5, 0.6) is 11.6 Å². The molecule has 2 fully saturated rings. The molecule has 45 heavy (non-hydrogen) atoms. The van der Waals surface area contributed by atoms with Crippen molar-refractivity contribution >= 4 is 22.4 Å². The molecule has 0 saturated carbocycles. The Morgan fingerprint density at radius 3 is 2.42 bits per heavy atom. The van der Waals surface area contributed by atoms with Crippen LogP contribution in [-0.4, -0.2) is 112 Å². The van der Waals surface area contributed by atoms with Gasteiger partial charge in [0, 0.05) is 87.5 Å². The summed E-state index contributed by atoms with van der Waals surface area (Å²) in [7, 11) is 3.33. The molecule has 236 valence electrons. The van der Waals surface area contributed by atoms with Crippen LogP contribution >= 0.6 is 0 Å². The first-order chi connectivity index (χ1) is 22.1. The molecule has 0 radical (unpaired) electrons. The van der Waals surface area contributed by atoms with Crippen molar-refractivity contribution in [2.75, 3.05) is 71.5 Å². The molecule has 0 atom stereocenters. The van der Waals surface area contributed by atoms with Gasteiger partial charge in [-0.05, 0) is 43.1 Å². The zero-order chi connectivity index (χ0) is 30.8. The zero-order valence-electron chi connectivity index (χ0n) is 26.4. The van der Waals surface area contributed by atoms with E-state index in [0.29, 0.717) is 5.88 Å². The van der Waals surface area contributed by atoms with Gasteiger partial charge in [-0.3, -0.25) is 10.00 Å². The number of fused-ring (bicyclic) bond motifs is 3. The highest BCUT2D eigenvalue weighted by Gasteiger charge is 2.37. The Bertz CT molecular complexity index is 1720. The van der Waals surface area contributed by atoms with Gasteiger partial charge in [0.15, 0.2) is 5.65 Å². The highest BCUT2D eigenvalue weighted by molar-refractivity contribution is 6.00. The standard InChI is InChI=1S/C33H42N10O2/c1-4-40-13-15-41(16-14-40)23-33(36-19-24-5-8-30(45-3)35-18-24)9-11-42(12-10-33)29-7-6-25(20-34-29)27-17-26(44-2)22-43-31(27)28-21-37-38-32(28)39-43/h5-8,17-18,20-22,36H,4,9-16,19,23H2,1-3H3,(H,38,39). The van der Waals surface area contributed by atoms with Crippen LogP contribution in [0.2, 0.25) is 0 Å². The lowest BCUT2D eigenvalue weighted by atomic mass is 9.86. The van der Waals surface area contributed by atoms with Crippen LogP contribution in [0, 0.1) is 0 Å². The number of ether oxygens (including phenoxy) is 2. The summed E-state index contributed by atoms with van der Waals surface area (Å²) in [6, 6.07) is 10.4. The molecule has 0 aliphatic carbocycles. The summed E-state index contributed by atoms with van der Waals surface area (Å²) in [5, 5.41) is 16.8. The second-order valence-corrected chi connectivity index (χ2v) is 12.2. The van der Waals surface area contributed by atoms with Crippen LogP contribution in [0.15, 0.2) is 55.1 Å². The van der Waals surface area contributed by atoms with Gasteiger partial charge in [0.2, 0.25) is 5.88 Å². The predicted octanol–water partition coefficient (Wildman–Crippen LogP) is 3.45. The van der Waals surface area contributed by atoms with Crippen LogP contribution < -0.4 is 19.7 Å². The predicted molar refractivity (Wildman–Crippen MR) is 175 cm³/mol. The smallest absolute Gasteiger partial charge is 0.212 e. The van der Waals surface area contributed by atoms with Crippen LogP contribution in [0.1, 0.15) is 25.3 Å². The second kappa shape index (κ2) is 12.6. The van der Waals surface area contributed by atoms with Gasteiger partial charge in [-0.15, -0.1) is 5.10 Å². The largest absolute Gasteiger partial charge is 0.495 e. The molecule has 0 unspecified atom stereocenters. The fourth-order valence-corrected chi connectivity index (χ4v) is 6.78. The van der Waals surface area contributed by atoms with Gasteiger partial charge in [0.25, 0.3) is 0 Å². The molecule has 2 N–H and O–H groups in total. The van der Waals surface area contributed by atoms with E-state index in [1.807, 2.05) is 41.4 Å². The number of nitrogens with zero attached hydrogens (tertiary/aromatic N) is 8. The van der Waals surface area contributed by atoms with Crippen LogP contribution in [0.25, 0.3) is 27.7 Å². The molecular weight excluding hydrogens is 568 g/mol. The highest BCUT2D eigenvalue weighted by atomic mass is 16.5. The number of piperazine rings is 1. The summed E-state index contributed by atoms with van der Waals surface area (Å²) in [6.45, 7) is 11.6. The van der Waals surface area contributed by atoms with E-state index in [1.54, 1.807) is 14.2 Å². The van der Waals surface area contributed by atoms with Crippen molar-refractivity contribution in [1.29, 1.82) is 0 Å². The summed E-state index contributed by atoms with van der Waals surface area (Å²) in [6.07, 6.45) is 9.66. The molecule has 5 aromatic rings. The van der Waals surface area contributed by atoms with Gasteiger partial charge in [-0.25, -0.2) is 14.5 Å². The molecule has 2 aliphatic rings. The molecule has 12 heteroatoms. The fourth-order valence-electron chi connectivity index (χ4n) is 6.78. The molecular formula is C33H42N10O2. The van der Waals surface area contributed by atoms with Gasteiger partial charge in [-0.2, -0.15) is 5.10 Å². The van der Waals surface area contributed by atoms with E-state index < -0.39 is 0 Å². The summed E-state index contributed by atoms with van der Waals surface area (Å²) < 4.78 is 12.7. The third-order valence-corrected chi connectivity index (χ3v) is 9.55. The van der Waals surface area contributed by atoms with Gasteiger partial charge in [0.1, 0.15) is 11.6 Å². The first-order valence-electron chi connectivity index (χ1n) is 15.9. The van der Waals surface area contributed by atoms with Crippen molar-refractivity contribution in [3.05, 3.63) is 60.7 Å². The van der Waals surface area contributed by atoms with E-state index in [4.69, 9.17) is 14.5 Å². The Morgan fingerprint density at radius 1 is 0.911 bits per heavy atom. The molecule has 0 amide bonds. The van der Waals surface area contributed by atoms with Crippen molar-refractivity contribution < 1.29 is 9.47 Å². The van der Waals surface area contributed by atoms with Crippen LogP contribution in [-0.2, 0) is 6.54 Å². The minimum absolute atomic E-state index is 0.0227. The number of likely N-dealkylation sites (N-methyl/N-ethyl adjacent to an activating group) is 1. The molecule has 2 aliphatic heterocycles. The lowest BCUT2D eigenvalue weighted by Gasteiger charge is -2.47. The van der Waals surface area contributed by atoms with Gasteiger partial charge < -0.3 is 24.6 Å². The van der Waals surface area contributed by atoms with Crippen molar-refractivity contribution in [2.24, 2.45) is 0 Å². The van der Waals surface area contributed by atoms with E-state index in [9.17, 15) is 0 Å². The lowest BCUT2D eigenvalue weighted by Crippen LogP contribution is -2.61. The monoisotopic (exact) mass is 610 g/mol. The number of hydrogen-bond donors (Lipinski definition) is 2. The Morgan fingerprint density at radius 2 is 1.73 bits per heavy atom. The Kier molecular flexibility index (Phi) is 8.26. The Labute approximate surface area is 263 Å². The molecule has 2 saturated heterocycles. The number of nitrogens with one attached hydrogen (secondary N) is 2. The average molecular weight is 611 g/mol. The summed E-state index contributed by atoms with van der Waals surface area (Å²) in [5.41, 5.74) is 4.94. The number of piperidine rings is 1. The van der Waals surface area contributed by atoms with E-state index in [2.05, 4.69) is 65.4 Å². The Hall–Kier alpha value is -4.26. The number of pyridine rings is 3. The fraction of sp³-hybridized carbons (Fsp3) is 0.455. The maximum Gasteiger partial charge on any atom is 0.212 e. The lowest BCUT2D eigenvalue weighted by molar-refractivity contribution is 0.0916. The van der Waals surface area contributed by atoms with E-state index >= 15 is 0 Å². The molecule has 7 heterocycles.